The lowest BCUT2D eigenvalue weighted by atomic mass is 10.2. The molecular formula is C15H13BrO2. The van der Waals surface area contributed by atoms with Gasteiger partial charge in [-0.15, -0.1) is 0 Å². The second-order valence-corrected chi connectivity index (χ2v) is 4.80. The molecule has 0 saturated heterocycles. The highest BCUT2D eigenvalue weighted by Crippen LogP contribution is 2.17. The van der Waals surface area contributed by atoms with Crippen molar-refractivity contribution in [2.45, 2.75) is 6.42 Å². The minimum absolute atomic E-state index is 0.557. The summed E-state index contributed by atoms with van der Waals surface area (Å²) in [4.78, 5) is 10.8. The Morgan fingerprint density at radius 1 is 1.11 bits per heavy atom. The highest BCUT2D eigenvalue weighted by molar-refractivity contribution is 9.10. The Bertz CT molecular complexity index is 538. The SMILES string of the molecule is O=Cc1ccccc1OCCc1cccc(Br)c1. The number of rotatable bonds is 5. The van der Waals surface area contributed by atoms with Crippen LogP contribution in [0.15, 0.2) is 53.0 Å². The maximum atomic E-state index is 10.8. The minimum Gasteiger partial charge on any atom is -0.492 e. The van der Waals surface area contributed by atoms with Gasteiger partial charge in [0, 0.05) is 10.9 Å². The number of halogens is 1. The molecular weight excluding hydrogens is 292 g/mol. The van der Waals surface area contributed by atoms with E-state index in [0.29, 0.717) is 17.9 Å². The van der Waals surface area contributed by atoms with Crippen LogP contribution in [0.4, 0.5) is 0 Å². The molecule has 2 aromatic rings. The first-order valence-electron chi connectivity index (χ1n) is 5.71. The van der Waals surface area contributed by atoms with Crippen LogP contribution in [0.3, 0.4) is 0 Å². The zero-order valence-corrected chi connectivity index (χ0v) is 11.4. The average molecular weight is 305 g/mol. The molecule has 2 rings (SSSR count). The van der Waals surface area contributed by atoms with Gasteiger partial charge in [0.1, 0.15) is 5.75 Å². The Morgan fingerprint density at radius 2 is 1.94 bits per heavy atom. The lowest BCUT2D eigenvalue weighted by Gasteiger charge is -2.08. The summed E-state index contributed by atoms with van der Waals surface area (Å²) in [6.45, 7) is 0.557. The van der Waals surface area contributed by atoms with Crippen LogP contribution in [0.5, 0.6) is 5.75 Å². The molecule has 2 aromatic carbocycles. The predicted molar refractivity (Wildman–Crippen MR) is 75.2 cm³/mol. The van der Waals surface area contributed by atoms with E-state index >= 15 is 0 Å². The molecule has 0 atom stereocenters. The molecule has 0 N–H and O–H groups in total. The highest BCUT2D eigenvalue weighted by Gasteiger charge is 2.01. The largest absolute Gasteiger partial charge is 0.492 e. The Labute approximate surface area is 115 Å². The summed E-state index contributed by atoms with van der Waals surface area (Å²) >= 11 is 3.43. The van der Waals surface area contributed by atoms with Gasteiger partial charge in [-0.05, 0) is 29.8 Å². The van der Waals surface area contributed by atoms with E-state index in [0.717, 1.165) is 17.2 Å². The molecule has 18 heavy (non-hydrogen) atoms. The number of carbonyl (C=O) groups excluding carboxylic acids is 1. The summed E-state index contributed by atoms with van der Waals surface area (Å²) in [6.07, 6.45) is 1.63. The van der Waals surface area contributed by atoms with Crippen molar-refractivity contribution in [1.29, 1.82) is 0 Å². The molecule has 2 nitrogen and oxygen atoms in total. The third-order valence-electron chi connectivity index (χ3n) is 2.58. The quantitative estimate of drug-likeness (QED) is 0.784. The van der Waals surface area contributed by atoms with Gasteiger partial charge in [-0.1, -0.05) is 40.2 Å². The summed E-state index contributed by atoms with van der Waals surface area (Å²) in [5.74, 6) is 0.641. The molecule has 0 amide bonds. The van der Waals surface area contributed by atoms with Crippen LogP contribution in [0, 0.1) is 0 Å². The van der Waals surface area contributed by atoms with Gasteiger partial charge < -0.3 is 4.74 Å². The van der Waals surface area contributed by atoms with Crippen molar-refractivity contribution in [3.8, 4) is 5.75 Å². The van der Waals surface area contributed by atoms with Gasteiger partial charge in [-0.2, -0.15) is 0 Å². The maximum Gasteiger partial charge on any atom is 0.153 e. The maximum absolute atomic E-state index is 10.8. The number of carbonyl (C=O) groups is 1. The fourth-order valence-electron chi connectivity index (χ4n) is 1.68. The summed E-state index contributed by atoms with van der Waals surface area (Å²) in [5.41, 5.74) is 1.79. The molecule has 0 radical (unpaired) electrons. The van der Waals surface area contributed by atoms with Gasteiger partial charge in [-0.3, -0.25) is 4.79 Å². The second-order valence-electron chi connectivity index (χ2n) is 3.88. The minimum atomic E-state index is 0.557. The van der Waals surface area contributed by atoms with Crippen LogP contribution in [0.2, 0.25) is 0 Å². The molecule has 0 aromatic heterocycles. The lowest BCUT2D eigenvalue weighted by molar-refractivity contribution is 0.111. The molecule has 3 heteroatoms. The summed E-state index contributed by atoms with van der Waals surface area (Å²) in [7, 11) is 0. The fourth-order valence-corrected chi connectivity index (χ4v) is 2.13. The topological polar surface area (TPSA) is 26.3 Å². The number of para-hydroxylation sites is 1. The highest BCUT2D eigenvalue weighted by atomic mass is 79.9. The predicted octanol–water partition coefficient (Wildman–Crippen LogP) is 3.88. The lowest BCUT2D eigenvalue weighted by Crippen LogP contribution is -2.03. The standard InChI is InChI=1S/C15H13BrO2/c16-14-6-3-4-12(10-14)8-9-18-15-7-2-1-5-13(15)11-17/h1-7,10-11H,8-9H2. The van der Waals surface area contributed by atoms with E-state index in [1.807, 2.05) is 30.3 Å². The van der Waals surface area contributed by atoms with Crippen molar-refractivity contribution in [2.24, 2.45) is 0 Å². The van der Waals surface area contributed by atoms with Crippen LogP contribution >= 0.6 is 15.9 Å². The first kappa shape index (κ1) is 12.8. The van der Waals surface area contributed by atoms with Gasteiger partial charge >= 0.3 is 0 Å². The number of hydrogen-bond donors (Lipinski definition) is 0. The van der Waals surface area contributed by atoms with Crippen molar-refractivity contribution >= 4 is 22.2 Å². The van der Waals surface area contributed by atoms with Crippen LogP contribution in [-0.2, 0) is 6.42 Å². The molecule has 0 aliphatic heterocycles. The number of ether oxygens (including phenoxy) is 1. The van der Waals surface area contributed by atoms with Crippen molar-refractivity contribution in [3.05, 3.63) is 64.1 Å². The molecule has 0 fully saturated rings. The van der Waals surface area contributed by atoms with Crippen molar-refractivity contribution in [2.75, 3.05) is 6.61 Å². The molecule has 0 spiro atoms. The van der Waals surface area contributed by atoms with Crippen molar-refractivity contribution in [3.63, 3.8) is 0 Å². The van der Waals surface area contributed by atoms with Crippen LogP contribution < -0.4 is 4.74 Å². The molecule has 92 valence electrons. The first-order chi connectivity index (χ1) is 8.79. The molecule has 0 heterocycles. The molecule has 0 unspecified atom stereocenters. The Hall–Kier alpha value is -1.61. The van der Waals surface area contributed by atoms with Gasteiger partial charge in [0.05, 0.1) is 12.2 Å². The van der Waals surface area contributed by atoms with E-state index < -0.39 is 0 Å². The summed E-state index contributed by atoms with van der Waals surface area (Å²) < 4.78 is 6.69. The van der Waals surface area contributed by atoms with E-state index in [9.17, 15) is 4.79 Å². The second kappa shape index (κ2) is 6.36. The van der Waals surface area contributed by atoms with Gasteiger partial charge in [-0.25, -0.2) is 0 Å². The third kappa shape index (κ3) is 3.44. The molecule has 0 saturated carbocycles. The summed E-state index contributed by atoms with van der Waals surface area (Å²) in [6, 6.07) is 15.4. The summed E-state index contributed by atoms with van der Waals surface area (Å²) in [5, 5.41) is 0. The third-order valence-corrected chi connectivity index (χ3v) is 3.08. The van der Waals surface area contributed by atoms with Crippen molar-refractivity contribution < 1.29 is 9.53 Å². The normalized spacial score (nSPS) is 10.1. The van der Waals surface area contributed by atoms with Crippen molar-refractivity contribution in [1.82, 2.24) is 0 Å². The smallest absolute Gasteiger partial charge is 0.153 e. The average Bonchev–Trinajstić information content (AvgIpc) is 2.39. The number of benzene rings is 2. The van der Waals surface area contributed by atoms with E-state index in [1.54, 1.807) is 6.07 Å². The van der Waals surface area contributed by atoms with Crippen LogP contribution in [0.25, 0.3) is 0 Å². The first-order valence-corrected chi connectivity index (χ1v) is 6.50. The van der Waals surface area contributed by atoms with E-state index in [1.165, 1.54) is 5.56 Å². The number of aldehydes is 1. The van der Waals surface area contributed by atoms with Gasteiger partial charge in [0.25, 0.3) is 0 Å². The Balaban J connectivity index is 1.94. The van der Waals surface area contributed by atoms with Gasteiger partial charge in [0.15, 0.2) is 6.29 Å². The fraction of sp³-hybridized carbons (Fsp3) is 0.133. The van der Waals surface area contributed by atoms with E-state index in [2.05, 4.69) is 28.1 Å². The van der Waals surface area contributed by atoms with Crippen LogP contribution in [-0.4, -0.2) is 12.9 Å². The molecule has 0 aliphatic rings. The van der Waals surface area contributed by atoms with E-state index in [-0.39, 0.29) is 0 Å². The molecule has 0 bridgehead atoms. The van der Waals surface area contributed by atoms with Crippen LogP contribution in [0.1, 0.15) is 15.9 Å². The molecule has 0 aliphatic carbocycles. The number of hydrogen-bond acceptors (Lipinski definition) is 2. The Kier molecular flexibility index (Phi) is 4.53. The van der Waals surface area contributed by atoms with E-state index in [4.69, 9.17) is 4.74 Å². The zero-order valence-electron chi connectivity index (χ0n) is 9.80. The monoisotopic (exact) mass is 304 g/mol. The Morgan fingerprint density at radius 3 is 2.72 bits per heavy atom. The zero-order chi connectivity index (χ0) is 12.8. The van der Waals surface area contributed by atoms with Gasteiger partial charge in [0.2, 0.25) is 0 Å².